The Balaban J connectivity index is 2.59. The van der Waals surface area contributed by atoms with Gasteiger partial charge in [0.25, 0.3) is 0 Å². The van der Waals surface area contributed by atoms with Gasteiger partial charge < -0.3 is 10.1 Å². The van der Waals surface area contributed by atoms with Gasteiger partial charge in [0.15, 0.2) is 11.6 Å². The average Bonchev–Trinajstić information content (AvgIpc) is 2.65. The summed E-state index contributed by atoms with van der Waals surface area (Å²) in [7, 11) is 1.12. The number of ether oxygens (including phenoxy) is 1. The van der Waals surface area contributed by atoms with E-state index in [1.54, 1.807) is 13.0 Å². The van der Waals surface area contributed by atoms with Crippen LogP contribution in [0.5, 0.6) is 0 Å². The van der Waals surface area contributed by atoms with Gasteiger partial charge in [-0.2, -0.15) is 0 Å². The maximum absolute atomic E-state index is 14.6. The first kappa shape index (κ1) is 22.4. The molecule has 2 aromatic carbocycles. The number of benzene rings is 2. The monoisotopic (exact) mass is 519 g/mol. The molecule has 0 atom stereocenters. The number of hydrogen-bond donors (Lipinski definition) is 1. The summed E-state index contributed by atoms with van der Waals surface area (Å²) in [6.45, 7) is 3.75. The van der Waals surface area contributed by atoms with Gasteiger partial charge in [0.2, 0.25) is 0 Å². The maximum Gasteiger partial charge on any atom is 0.341 e. The Morgan fingerprint density at radius 3 is 2.64 bits per heavy atom. The highest BCUT2D eigenvalue weighted by Crippen LogP contribution is 2.31. The summed E-state index contributed by atoms with van der Waals surface area (Å²) in [5, 5.41) is 5.14. The zero-order chi connectivity index (χ0) is 20.7. The van der Waals surface area contributed by atoms with Crippen LogP contribution in [0.1, 0.15) is 41.3 Å². The van der Waals surface area contributed by atoms with Crippen molar-refractivity contribution >= 4 is 47.5 Å². The summed E-state index contributed by atoms with van der Waals surface area (Å²) >= 11 is 1.91. The highest BCUT2D eigenvalue weighted by atomic mass is 127. The third-order valence-electron chi connectivity index (χ3n) is 3.76. The average molecular weight is 519 g/mol. The summed E-state index contributed by atoms with van der Waals surface area (Å²) in [5.41, 5.74) is -0.257. The van der Waals surface area contributed by atoms with E-state index >= 15 is 0 Å². The zero-order valence-electron chi connectivity index (χ0n) is 15.2. The minimum absolute atomic E-state index is 0.0421. The van der Waals surface area contributed by atoms with E-state index in [4.69, 9.17) is 4.74 Å². The molecule has 1 N–H and O–H groups in total. The van der Waals surface area contributed by atoms with E-state index in [0.717, 1.165) is 21.4 Å². The fourth-order valence-electron chi connectivity index (χ4n) is 2.37. The number of carbonyl (C=O) groups excluding carboxylic acids is 1. The van der Waals surface area contributed by atoms with Gasteiger partial charge >= 0.3 is 5.97 Å². The molecule has 0 aliphatic heterocycles. The van der Waals surface area contributed by atoms with E-state index in [0.29, 0.717) is 12.0 Å². The number of halogens is 4. The molecule has 0 aliphatic carbocycles. The van der Waals surface area contributed by atoms with Crippen molar-refractivity contribution in [2.75, 3.05) is 11.9 Å². The van der Waals surface area contributed by atoms with Crippen LogP contribution in [0, 0.1) is 35.5 Å². The predicted molar refractivity (Wildman–Crippen MR) is 114 cm³/mol. The number of carbonyl (C=O) groups is 1. The smallest absolute Gasteiger partial charge is 0.341 e. The van der Waals surface area contributed by atoms with Crippen LogP contribution in [0.25, 0.3) is 0 Å². The lowest BCUT2D eigenvalue weighted by Gasteiger charge is -2.16. The number of anilines is 2. The van der Waals surface area contributed by atoms with Gasteiger partial charge in [-0.1, -0.05) is 25.3 Å². The lowest BCUT2D eigenvalue weighted by atomic mass is 10.0. The van der Waals surface area contributed by atoms with Crippen LogP contribution in [-0.4, -0.2) is 12.6 Å². The number of hydrogen-bond acceptors (Lipinski definition) is 4. The van der Waals surface area contributed by atoms with Gasteiger partial charge in [-0.3, -0.25) is 0 Å². The molecule has 0 amide bonds. The zero-order valence-corrected chi connectivity index (χ0v) is 18.1. The van der Waals surface area contributed by atoms with Crippen LogP contribution in [0.2, 0.25) is 0 Å². The second-order valence-corrected chi connectivity index (χ2v) is 7.55. The molecule has 28 heavy (non-hydrogen) atoms. The summed E-state index contributed by atoms with van der Waals surface area (Å²) in [5.74, 6) is -1.42. The van der Waals surface area contributed by atoms with Crippen molar-refractivity contribution in [1.82, 2.24) is 0 Å². The first-order chi connectivity index (χ1) is 13.4. The van der Waals surface area contributed by atoms with Gasteiger partial charge in [0.05, 0.1) is 18.0 Å². The highest BCUT2D eigenvalue weighted by Gasteiger charge is 2.25. The van der Waals surface area contributed by atoms with Crippen molar-refractivity contribution in [2.24, 2.45) is 0 Å². The molecule has 148 valence electrons. The van der Waals surface area contributed by atoms with E-state index < -0.39 is 29.1 Å². The Hall–Kier alpha value is -1.86. The second-order valence-electron chi connectivity index (χ2n) is 5.87. The Morgan fingerprint density at radius 2 is 2.00 bits per heavy atom. The number of nitrogens with one attached hydrogen (secondary N) is 1. The number of aryl methyl sites for hydroxylation is 1. The minimum Gasteiger partial charge on any atom is -0.462 e. The topological polar surface area (TPSA) is 38.3 Å². The van der Waals surface area contributed by atoms with E-state index in [-0.39, 0.29) is 23.4 Å². The third kappa shape index (κ3) is 5.58. The fourth-order valence-corrected chi connectivity index (χ4v) is 2.84. The van der Waals surface area contributed by atoms with Crippen molar-refractivity contribution in [1.29, 1.82) is 0 Å². The summed E-state index contributed by atoms with van der Waals surface area (Å²) in [6.07, 6.45) is 1.41. The predicted octanol–water partition coefficient (Wildman–Crippen LogP) is 6.51. The van der Waals surface area contributed by atoms with Crippen LogP contribution in [0.15, 0.2) is 24.3 Å². The highest BCUT2D eigenvalue weighted by molar-refractivity contribution is 14.2. The van der Waals surface area contributed by atoms with Crippen LogP contribution in [-0.2, 0) is 4.74 Å². The molecule has 0 fully saturated rings. The molecule has 0 heterocycles. The lowest BCUT2D eigenvalue weighted by molar-refractivity contribution is 0.0500. The number of rotatable bonds is 6. The fraction of sp³-hybridized carbons (Fsp3) is 0.250. The molecule has 0 spiro atoms. The Kier molecular flexibility index (Phi) is 8.51. The van der Waals surface area contributed by atoms with Gasteiger partial charge in [-0.25, -0.2) is 18.0 Å². The minimum atomic E-state index is -1.31. The molecule has 0 saturated carbocycles. The van der Waals surface area contributed by atoms with E-state index in [1.807, 2.05) is 28.1 Å². The number of unbranched alkanes of at least 4 members (excludes halogenated alkanes) is 1. The van der Waals surface area contributed by atoms with E-state index in [1.165, 1.54) is 12.1 Å². The maximum atomic E-state index is 14.6. The quantitative estimate of drug-likeness (QED) is 0.205. The Bertz CT molecular complexity index is 941. The van der Waals surface area contributed by atoms with E-state index in [2.05, 4.69) is 16.5 Å². The van der Waals surface area contributed by atoms with Gasteiger partial charge in [0.1, 0.15) is 11.4 Å². The SMILES string of the molecule is CCCCOC(=O)c1c(C#CSI)cc(F)c(F)c1Nc1ccc(C)cc1F. The van der Waals surface area contributed by atoms with E-state index in [9.17, 15) is 18.0 Å². The molecular formula is C20H17F3INO2S. The first-order valence-electron chi connectivity index (χ1n) is 8.39. The summed E-state index contributed by atoms with van der Waals surface area (Å²) in [6, 6.07) is 5.07. The summed E-state index contributed by atoms with van der Waals surface area (Å²) < 4.78 is 48.1. The van der Waals surface area contributed by atoms with Crippen molar-refractivity contribution < 1.29 is 22.7 Å². The number of esters is 1. The van der Waals surface area contributed by atoms with Crippen LogP contribution in [0.4, 0.5) is 24.5 Å². The van der Waals surface area contributed by atoms with Crippen LogP contribution >= 0.6 is 30.1 Å². The van der Waals surface area contributed by atoms with Crippen molar-refractivity contribution in [3.05, 3.63) is 58.4 Å². The van der Waals surface area contributed by atoms with Crippen molar-refractivity contribution in [3.63, 3.8) is 0 Å². The Morgan fingerprint density at radius 1 is 1.25 bits per heavy atom. The Labute approximate surface area is 178 Å². The van der Waals surface area contributed by atoms with Crippen molar-refractivity contribution in [2.45, 2.75) is 26.7 Å². The van der Waals surface area contributed by atoms with Gasteiger partial charge in [0, 0.05) is 26.8 Å². The van der Waals surface area contributed by atoms with Crippen LogP contribution < -0.4 is 5.32 Å². The molecule has 0 aliphatic rings. The second kappa shape index (κ2) is 10.6. The lowest BCUT2D eigenvalue weighted by Crippen LogP contribution is -2.14. The molecule has 3 nitrogen and oxygen atoms in total. The van der Waals surface area contributed by atoms with Gasteiger partial charge in [-0.05, 0) is 51.3 Å². The molecule has 0 unspecified atom stereocenters. The molecule has 2 rings (SSSR count). The molecule has 0 aromatic heterocycles. The van der Waals surface area contributed by atoms with Crippen molar-refractivity contribution in [3.8, 4) is 11.2 Å². The molecule has 8 heteroatoms. The molecule has 0 radical (unpaired) electrons. The van der Waals surface area contributed by atoms with Gasteiger partial charge in [-0.15, -0.1) is 0 Å². The molecule has 0 bridgehead atoms. The molecular weight excluding hydrogens is 502 g/mol. The molecule has 2 aromatic rings. The largest absolute Gasteiger partial charge is 0.462 e. The van der Waals surface area contributed by atoms with Crippen LogP contribution in [0.3, 0.4) is 0 Å². The summed E-state index contributed by atoms with van der Waals surface area (Å²) in [4.78, 5) is 12.6. The standard InChI is InChI=1S/C20H17F3INO2S/c1-3-4-8-27-20(26)17-13(7-9-28-24)11-15(22)18(23)19(17)25-16-6-5-12(2)10-14(16)21/h5-6,10-11,25H,3-4,8H2,1-2H3. The molecule has 0 saturated heterocycles. The first-order valence-corrected chi connectivity index (χ1v) is 11.8. The third-order valence-corrected chi connectivity index (χ3v) is 4.60. The normalized spacial score (nSPS) is 10.2.